The summed E-state index contributed by atoms with van der Waals surface area (Å²) in [5.41, 5.74) is 0. The molecular weight excluding hydrogens is 504 g/mol. The highest BCUT2D eigenvalue weighted by Crippen LogP contribution is 2.22. The van der Waals surface area contributed by atoms with Gasteiger partial charge in [0.2, 0.25) is 0 Å². The zero-order valence-electron chi connectivity index (χ0n) is 28.1. The van der Waals surface area contributed by atoms with Crippen molar-refractivity contribution in [1.82, 2.24) is 0 Å². The average Bonchev–Trinajstić information content (AvgIpc) is 2.97. The van der Waals surface area contributed by atoms with Gasteiger partial charge in [0.05, 0.1) is 11.8 Å². The van der Waals surface area contributed by atoms with Gasteiger partial charge in [0, 0.05) is 0 Å². The second-order valence-electron chi connectivity index (χ2n) is 12.3. The lowest BCUT2D eigenvalue weighted by Gasteiger charge is -2.18. The largest absolute Gasteiger partial charge is 0.393 e. The molecule has 0 N–H and O–H groups in total. The molecule has 3 heteroatoms. The number of ether oxygens (including phenoxy) is 1. The zero-order chi connectivity index (χ0) is 30.2. The van der Waals surface area contributed by atoms with Gasteiger partial charge >= 0.3 is 11.9 Å². The van der Waals surface area contributed by atoms with Gasteiger partial charge in [0.15, 0.2) is 0 Å². The van der Waals surface area contributed by atoms with Crippen LogP contribution in [0.15, 0.2) is 24.3 Å². The Bertz CT molecular complexity index is 581. The van der Waals surface area contributed by atoms with Crippen LogP contribution in [0.4, 0.5) is 0 Å². The van der Waals surface area contributed by atoms with E-state index in [4.69, 9.17) is 4.74 Å². The van der Waals surface area contributed by atoms with Gasteiger partial charge in [-0.25, -0.2) is 0 Å². The van der Waals surface area contributed by atoms with Gasteiger partial charge in [-0.1, -0.05) is 142 Å². The van der Waals surface area contributed by atoms with Gasteiger partial charge in [-0.3, -0.25) is 9.59 Å². The molecule has 0 saturated heterocycles. The lowest BCUT2D eigenvalue weighted by Crippen LogP contribution is -2.26. The fourth-order valence-electron chi connectivity index (χ4n) is 5.59. The maximum Gasteiger partial charge on any atom is 0.316 e. The summed E-state index contributed by atoms with van der Waals surface area (Å²) in [5, 5.41) is 0. The third-order valence-electron chi connectivity index (χ3n) is 8.27. The summed E-state index contributed by atoms with van der Waals surface area (Å²) < 4.78 is 5.50. The van der Waals surface area contributed by atoms with Crippen molar-refractivity contribution in [3.05, 3.63) is 24.3 Å². The molecule has 0 fully saturated rings. The van der Waals surface area contributed by atoms with E-state index in [9.17, 15) is 9.59 Å². The standard InChI is InChI=1S/C38H70O3/c1-5-9-11-13-15-17-19-21-23-25-27-29-33-35(31-7-3)37(39)41-38(40)36(32-8-4)34-30-28-26-24-22-20-18-16-14-12-10-6-2/h17-20,35-36H,5-16,21-34H2,1-4H3/b19-17-,20-18-. The number of esters is 2. The maximum absolute atomic E-state index is 12.9. The smallest absolute Gasteiger partial charge is 0.316 e. The molecule has 0 saturated carbocycles. The topological polar surface area (TPSA) is 43.4 Å². The Labute approximate surface area is 256 Å². The number of carbonyl (C=O) groups is 2. The quantitative estimate of drug-likeness (QED) is 0.0371. The molecule has 0 aliphatic heterocycles. The zero-order valence-corrected chi connectivity index (χ0v) is 28.1. The first-order valence-corrected chi connectivity index (χ1v) is 18.2. The highest BCUT2D eigenvalue weighted by atomic mass is 16.6. The molecule has 3 nitrogen and oxygen atoms in total. The van der Waals surface area contributed by atoms with Crippen LogP contribution in [0.1, 0.15) is 195 Å². The predicted octanol–water partition coefficient (Wildman–Crippen LogP) is 12.6. The number of hydrogen-bond donors (Lipinski definition) is 0. The number of carbonyl (C=O) groups excluding carboxylic acids is 2. The summed E-state index contributed by atoms with van der Waals surface area (Å²) in [4.78, 5) is 25.8. The second kappa shape index (κ2) is 31.6. The van der Waals surface area contributed by atoms with Crippen LogP contribution in [0.2, 0.25) is 0 Å². The summed E-state index contributed by atoms with van der Waals surface area (Å²) in [5.74, 6) is -0.807. The number of unbranched alkanes of at least 4 members (excludes halogenated alkanes) is 16. The molecule has 0 rings (SSSR count). The maximum atomic E-state index is 12.9. The third kappa shape index (κ3) is 26.0. The molecule has 41 heavy (non-hydrogen) atoms. The predicted molar refractivity (Wildman–Crippen MR) is 179 cm³/mol. The van der Waals surface area contributed by atoms with Gasteiger partial charge < -0.3 is 4.74 Å². The Morgan fingerprint density at radius 2 is 0.732 bits per heavy atom. The summed E-state index contributed by atoms with van der Waals surface area (Å²) in [6.45, 7) is 8.73. The first kappa shape index (κ1) is 39.6. The molecule has 0 bridgehead atoms. The Kier molecular flexibility index (Phi) is 30.5. The van der Waals surface area contributed by atoms with E-state index in [0.717, 1.165) is 77.0 Å². The summed E-state index contributed by atoms with van der Waals surface area (Å²) >= 11 is 0. The third-order valence-corrected chi connectivity index (χ3v) is 8.27. The van der Waals surface area contributed by atoms with Crippen LogP contribution in [-0.2, 0) is 14.3 Å². The molecule has 0 aromatic heterocycles. The van der Waals surface area contributed by atoms with Gasteiger partial charge in [-0.2, -0.15) is 0 Å². The molecule has 0 heterocycles. The molecule has 2 unspecified atom stereocenters. The molecule has 0 aromatic carbocycles. The van der Waals surface area contributed by atoms with Crippen LogP contribution < -0.4 is 0 Å². The van der Waals surface area contributed by atoms with Crippen molar-refractivity contribution >= 4 is 11.9 Å². The molecule has 0 radical (unpaired) electrons. The lowest BCUT2D eigenvalue weighted by molar-refractivity contribution is -0.166. The van der Waals surface area contributed by atoms with Gasteiger partial charge in [-0.15, -0.1) is 0 Å². The van der Waals surface area contributed by atoms with Crippen molar-refractivity contribution in [2.24, 2.45) is 11.8 Å². The SMILES string of the molecule is CCCCCC/C=C\CCCCCCC(CCC)C(=O)OC(=O)C(CCC)CCCCCC/C=C\CCCCCC. The van der Waals surface area contributed by atoms with Crippen LogP contribution in [0.25, 0.3) is 0 Å². The van der Waals surface area contributed by atoms with Crippen LogP contribution in [0.5, 0.6) is 0 Å². The molecule has 240 valence electrons. The normalized spacial score (nSPS) is 13.3. The minimum atomic E-state index is -0.273. The average molecular weight is 575 g/mol. The van der Waals surface area contributed by atoms with Crippen molar-refractivity contribution in [3.8, 4) is 0 Å². The second-order valence-corrected chi connectivity index (χ2v) is 12.3. The van der Waals surface area contributed by atoms with E-state index in [-0.39, 0.29) is 23.8 Å². The minimum absolute atomic E-state index is 0.131. The van der Waals surface area contributed by atoms with Crippen molar-refractivity contribution in [3.63, 3.8) is 0 Å². The molecule has 0 amide bonds. The monoisotopic (exact) mass is 575 g/mol. The van der Waals surface area contributed by atoms with Gasteiger partial charge in [0.25, 0.3) is 0 Å². The van der Waals surface area contributed by atoms with E-state index in [1.54, 1.807) is 0 Å². The summed E-state index contributed by atoms with van der Waals surface area (Å²) in [6, 6.07) is 0. The Morgan fingerprint density at radius 1 is 0.415 bits per heavy atom. The molecule has 0 aliphatic rings. The van der Waals surface area contributed by atoms with Crippen LogP contribution >= 0.6 is 0 Å². The first-order valence-electron chi connectivity index (χ1n) is 18.2. The van der Waals surface area contributed by atoms with E-state index in [1.165, 1.54) is 89.9 Å². The van der Waals surface area contributed by atoms with E-state index < -0.39 is 0 Å². The van der Waals surface area contributed by atoms with Gasteiger partial charge in [0.1, 0.15) is 0 Å². The molecule has 0 aliphatic carbocycles. The first-order chi connectivity index (χ1) is 20.1. The molecule has 0 aromatic rings. The lowest BCUT2D eigenvalue weighted by atomic mass is 9.94. The Morgan fingerprint density at radius 3 is 1.05 bits per heavy atom. The van der Waals surface area contributed by atoms with Crippen molar-refractivity contribution in [1.29, 1.82) is 0 Å². The number of rotatable bonds is 30. The summed E-state index contributed by atoms with van der Waals surface area (Å²) in [7, 11) is 0. The van der Waals surface area contributed by atoms with E-state index in [2.05, 4.69) is 52.0 Å². The van der Waals surface area contributed by atoms with Gasteiger partial charge in [-0.05, 0) is 77.0 Å². The van der Waals surface area contributed by atoms with E-state index >= 15 is 0 Å². The van der Waals surface area contributed by atoms with Crippen LogP contribution in [-0.4, -0.2) is 11.9 Å². The van der Waals surface area contributed by atoms with Crippen LogP contribution in [0, 0.1) is 11.8 Å². The van der Waals surface area contributed by atoms with E-state index in [0.29, 0.717) is 0 Å². The molecule has 0 spiro atoms. The van der Waals surface area contributed by atoms with Crippen molar-refractivity contribution in [2.75, 3.05) is 0 Å². The van der Waals surface area contributed by atoms with E-state index in [1.807, 2.05) is 0 Å². The number of allylic oxidation sites excluding steroid dienone is 4. The van der Waals surface area contributed by atoms with Crippen LogP contribution in [0.3, 0.4) is 0 Å². The number of hydrogen-bond acceptors (Lipinski definition) is 3. The fraction of sp³-hybridized carbons (Fsp3) is 0.842. The molecule has 2 atom stereocenters. The molecular formula is C38H70O3. The van der Waals surface area contributed by atoms with Crippen molar-refractivity contribution in [2.45, 2.75) is 195 Å². The highest BCUT2D eigenvalue weighted by Gasteiger charge is 2.26. The summed E-state index contributed by atoms with van der Waals surface area (Å²) in [6.07, 6.45) is 39.3. The Balaban J connectivity index is 4.17. The Hall–Kier alpha value is -1.38. The van der Waals surface area contributed by atoms with Crippen molar-refractivity contribution < 1.29 is 14.3 Å². The fourth-order valence-corrected chi connectivity index (χ4v) is 5.59. The highest BCUT2D eigenvalue weighted by molar-refractivity contribution is 5.87. The minimum Gasteiger partial charge on any atom is -0.393 e.